The predicted octanol–water partition coefficient (Wildman–Crippen LogP) is 1.22. The monoisotopic (exact) mass is 294 g/mol. The van der Waals surface area contributed by atoms with E-state index in [1.165, 1.54) is 12.3 Å². The molecule has 0 atom stereocenters. The molecule has 2 aromatic rings. The van der Waals surface area contributed by atoms with Gasteiger partial charge in [-0.05, 0) is 12.1 Å². The molecule has 0 saturated heterocycles. The highest BCUT2D eigenvalue weighted by atomic mass is 35.5. The van der Waals surface area contributed by atoms with Crippen LogP contribution in [-0.2, 0) is 11.3 Å². The molecular weight excluding hydrogens is 280 g/mol. The van der Waals surface area contributed by atoms with Gasteiger partial charge in [0.1, 0.15) is 5.69 Å². The molecule has 106 valence electrons. The summed E-state index contributed by atoms with van der Waals surface area (Å²) in [5.74, 6) is 0.428. The average Bonchev–Trinajstić information content (AvgIpc) is 2.44. The summed E-state index contributed by atoms with van der Waals surface area (Å²) in [5.41, 5.74) is 1.01. The van der Waals surface area contributed by atoms with Crippen LogP contribution in [-0.4, -0.2) is 35.2 Å². The molecular formula is C13H15ClN4O2. The number of nitrogens with one attached hydrogen (secondary N) is 2. The van der Waals surface area contributed by atoms with Crippen LogP contribution in [0.15, 0.2) is 29.2 Å². The number of halogens is 1. The molecule has 0 aromatic carbocycles. The topological polar surface area (TPSA) is 79.9 Å². The van der Waals surface area contributed by atoms with E-state index in [-0.39, 0.29) is 5.56 Å². The highest BCUT2D eigenvalue weighted by molar-refractivity contribution is 6.30. The van der Waals surface area contributed by atoms with E-state index in [1.807, 2.05) is 0 Å². The summed E-state index contributed by atoms with van der Waals surface area (Å²) in [7, 11) is 1.64. The molecule has 7 heteroatoms. The largest absolute Gasteiger partial charge is 0.383 e. The Hall–Kier alpha value is -1.76. The summed E-state index contributed by atoms with van der Waals surface area (Å²) in [4.78, 5) is 22.8. The van der Waals surface area contributed by atoms with Gasteiger partial charge in [-0.3, -0.25) is 9.78 Å². The van der Waals surface area contributed by atoms with E-state index in [1.54, 1.807) is 19.2 Å². The molecule has 0 amide bonds. The molecule has 0 bridgehead atoms. The molecule has 0 aliphatic rings. The zero-order valence-electron chi connectivity index (χ0n) is 11.0. The van der Waals surface area contributed by atoms with Crippen molar-refractivity contribution in [3.8, 4) is 11.5 Å². The van der Waals surface area contributed by atoms with Gasteiger partial charge in [0.2, 0.25) is 0 Å². The van der Waals surface area contributed by atoms with Crippen molar-refractivity contribution < 1.29 is 4.74 Å². The average molecular weight is 295 g/mol. The van der Waals surface area contributed by atoms with Crippen LogP contribution in [0, 0.1) is 0 Å². The Bertz CT molecular complexity index is 613. The molecule has 20 heavy (non-hydrogen) atoms. The van der Waals surface area contributed by atoms with Gasteiger partial charge in [0.15, 0.2) is 5.82 Å². The van der Waals surface area contributed by atoms with Crippen LogP contribution in [0.2, 0.25) is 5.02 Å². The smallest absolute Gasteiger partial charge is 0.251 e. The third-order valence-electron chi connectivity index (χ3n) is 2.55. The Kier molecular flexibility index (Phi) is 5.23. The standard InChI is InChI=1S/C13H15ClN4O2/c1-20-5-4-15-8-10-6-12(19)18-13(17-10)11-3-2-9(14)7-16-11/h2-3,6-7,15H,4-5,8H2,1H3,(H,17,18,19). The molecule has 2 aromatic heterocycles. The second-order valence-electron chi connectivity index (χ2n) is 4.12. The van der Waals surface area contributed by atoms with Crippen molar-refractivity contribution in [2.24, 2.45) is 0 Å². The zero-order chi connectivity index (χ0) is 14.4. The van der Waals surface area contributed by atoms with Crippen molar-refractivity contribution in [2.45, 2.75) is 6.54 Å². The van der Waals surface area contributed by atoms with E-state index >= 15 is 0 Å². The molecule has 2 N–H and O–H groups in total. The van der Waals surface area contributed by atoms with Crippen LogP contribution in [0.4, 0.5) is 0 Å². The molecule has 0 unspecified atom stereocenters. The number of pyridine rings is 1. The van der Waals surface area contributed by atoms with Crippen LogP contribution >= 0.6 is 11.6 Å². The molecule has 0 spiro atoms. The maximum Gasteiger partial charge on any atom is 0.251 e. The molecule has 0 saturated carbocycles. The van der Waals surface area contributed by atoms with Crippen molar-refractivity contribution in [1.82, 2.24) is 20.3 Å². The first-order valence-electron chi connectivity index (χ1n) is 6.11. The SMILES string of the molecule is COCCNCc1cc(=O)[nH]c(-c2ccc(Cl)cn2)n1. The van der Waals surface area contributed by atoms with Gasteiger partial charge in [-0.15, -0.1) is 0 Å². The maximum atomic E-state index is 11.6. The van der Waals surface area contributed by atoms with Gasteiger partial charge in [-0.1, -0.05) is 11.6 Å². The fraction of sp³-hybridized carbons (Fsp3) is 0.308. The number of hydrogen-bond acceptors (Lipinski definition) is 5. The van der Waals surface area contributed by atoms with Crippen LogP contribution < -0.4 is 10.9 Å². The minimum absolute atomic E-state index is 0.213. The van der Waals surface area contributed by atoms with E-state index in [0.29, 0.717) is 41.9 Å². The highest BCUT2D eigenvalue weighted by Gasteiger charge is 2.05. The van der Waals surface area contributed by atoms with Crippen LogP contribution in [0.5, 0.6) is 0 Å². The Morgan fingerprint density at radius 2 is 2.30 bits per heavy atom. The summed E-state index contributed by atoms with van der Waals surface area (Å²) in [6, 6.07) is 4.87. The van der Waals surface area contributed by atoms with Gasteiger partial charge in [-0.2, -0.15) is 0 Å². The van der Waals surface area contributed by atoms with E-state index in [9.17, 15) is 4.79 Å². The van der Waals surface area contributed by atoms with Gasteiger partial charge < -0.3 is 15.0 Å². The fourth-order valence-electron chi connectivity index (χ4n) is 1.63. The lowest BCUT2D eigenvalue weighted by Gasteiger charge is -2.05. The summed E-state index contributed by atoms with van der Waals surface area (Å²) >= 11 is 5.78. The van der Waals surface area contributed by atoms with E-state index in [2.05, 4.69) is 20.3 Å². The number of hydrogen-bond donors (Lipinski definition) is 2. The fourth-order valence-corrected chi connectivity index (χ4v) is 1.74. The van der Waals surface area contributed by atoms with Crippen LogP contribution in [0.1, 0.15) is 5.69 Å². The highest BCUT2D eigenvalue weighted by Crippen LogP contribution is 2.13. The minimum atomic E-state index is -0.213. The Morgan fingerprint density at radius 1 is 1.45 bits per heavy atom. The summed E-state index contributed by atoms with van der Waals surface area (Å²) in [6.45, 7) is 1.79. The second-order valence-corrected chi connectivity index (χ2v) is 4.55. The number of aromatic nitrogens is 3. The van der Waals surface area contributed by atoms with Gasteiger partial charge in [-0.25, -0.2) is 4.98 Å². The molecule has 2 rings (SSSR count). The third kappa shape index (κ3) is 4.12. The normalized spacial score (nSPS) is 10.7. The predicted molar refractivity (Wildman–Crippen MR) is 76.7 cm³/mol. The van der Waals surface area contributed by atoms with Crippen molar-refractivity contribution in [1.29, 1.82) is 0 Å². The summed E-state index contributed by atoms with van der Waals surface area (Å²) in [6.07, 6.45) is 1.51. The van der Waals surface area contributed by atoms with Crippen molar-refractivity contribution >= 4 is 11.6 Å². The number of aromatic amines is 1. The maximum absolute atomic E-state index is 11.6. The summed E-state index contributed by atoms with van der Waals surface area (Å²) < 4.78 is 4.93. The Morgan fingerprint density at radius 3 is 3.00 bits per heavy atom. The second kappa shape index (κ2) is 7.14. The molecule has 0 radical (unpaired) electrons. The quantitative estimate of drug-likeness (QED) is 0.783. The number of H-pyrrole nitrogens is 1. The van der Waals surface area contributed by atoms with E-state index < -0.39 is 0 Å². The first-order chi connectivity index (χ1) is 9.69. The lowest BCUT2D eigenvalue weighted by molar-refractivity contribution is 0.199. The van der Waals surface area contributed by atoms with Gasteiger partial charge >= 0.3 is 0 Å². The minimum Gasteiger partial charge on any atom is -0.383 e. The van der Waals surface area contributed by atoms with Gasteiger partial charge in [0, 0.05) is 32.5 Å². The Balaban J connectivity index is 2.16. The van der Waals surface area contributed by atoms with E-state index in [4.69, 9.17) is 16.3 Å². The number of methoxy groups -OCH3 is 1. The molecule has 0 fully saturated rings. The lowest BCUT2D eigenvalue weighted by atomic mass is 10.3. The Labute approximate surface area is 121 Å². The van der Waals surface area contributed by atoms with Crippen molar-refractivity contribution in [2.75, 3.05) is 20.3 Å². The molecule has 0 aliphatic heterocycles. The first kappa shape index (κ1) is 14.6. The molecule has 6 nitrogen and oxygen atoms in total. The third-order valence-corrected chi connectivity index (χ3v) is 2.78. The molecule has 2 heterocycles. The number of nitrogens with zero attached hydrogens (tertiary/aromatic N) is 2. The number of ether oxygens (including phenoxy) is 1. The first-order valence-corrected chi connectivity index (χ1v) is 6.48. The van der Waals surface area contributed by atoms with Gasteiger partial charge in [0.25, 0.3) is 5.56 Å². The van der Waals surface area contributed by atoms with Gasteiger partial charge in [0.05, 0.1) is 17.3 Å². The van der Waals surface area contributed by atoms with Crippen molar-refractivity contribution in [3.63, 3.8) is 0 Å². The molecule has 0 aliphatic carbocycles. The van der Waals surface area contributed by atoms with E-state index in [0.717, 1.165) is 0 Å². The van der Waals surface area contributed by atoms with Crippen molar-refractivity contribution in [3.05, 3.63) is 45.5 Å². The summed E-state index contributed by atoms with van der Waals surface area (Å²) in [5, 5.41) is 3.67. The number of rotatable bonds is 6. The zero-order valence-corrected chi connectivity index (χ0v) is 11.8. The van der Waals surface area contributed by atoms with Crippen LogP contribution in [0.3, 0.4) is 0 Å². The van der Waals surface area contributed by atoms with Crippen LogP contribution in [0.25, 0.3) is 11.5 Å². The lowest BCUT2D eigenvalue weighted by Crippen LogP contribution is -2.21.